The number of amides is 2. The van der Waals surface area contributed by atoms with Crippen molar-refractivity contribution >= 4 is 39.1 Å². The number of hydrogen-bond acceptors (Lipinski definition) is 6. The third-order valence-corrected chi connectivity index (χ3v) is 7.55. The SMILES string of the molecule is CCNC(=O)[C@H](C)N(Cc1ccccc1Cl)C(=O)CN(c1ccc2c(c1)OCO2)S(=O)(=O)CC. The molecule has 0 spiro atoms. The molecule has 0 saturated heterocycles. The minimum Gasteiger partial charge on any atom is -0.454 e. The predicted octanol–water partition coefficient (Wildman–Crippen LogP) is 2.78. The van der Waals surface area contributed by atoms with E-state index in [1.165, 1.54) is 17.9 Å². The van der Waals surface area contributed by atoms with E-state index in [1.54, 1.807) is 50.2 Å². The summed E-state index contributed by atoms with van der Waals surface area (Å²) in [6.45, 7) is 4.85. The number of fused-ring (bicyclic) bond motifs is 1. The summed E-state index contributed by atoms with van der Waals surface area (Å²) < 4.78 is 37.6. The van der Waals surface area contributed by atoms with Gasteiger partial charge in [0, 0.05) is 24.2 Å². The highest BCUT2D eigenvalue weighted by Gasteiger charge is 2.31. The van der Waals surface area contributed by atoms with Gasteiger partial charge in [-0.1, -0.05) is 29.8 Å². The van der Waals surface area contributed by atoms with E-state index >= 15 is 0 Å². The molecule has 0 fully saturated rings. The molecule has 0 aliphatic carbocycles. The van der Waals surface area contributed by atoms with Crippen LogP contribution in [0.5, 0.6) is 11.5 Å². The van der Waals surface area contributed by atoms with Gasteiger partial charge in [-0.15, -0.1) is 0 Å². The molecular weight excluding hydrogens is 482 g/mol. The van der Waals surface area contributed by atoms with Crippen molar-refractivity contribution in [2.75, 3.05) is 29.9 Å². The Morgan fingerprint density at radius 1 is 1.12 bits per heavy atom. The Morgan fingerprint density at radius 2 is 1.82 bits per heavy atom. The van der Waals surface area contributed by atoms with Crippen molar-refractivity contribution in [3.8, 4) is 11.5 Å². The van der Waals surface area contributed by atoms with Gasteiger partial charge in [0.15, 0.2) is 11.5 Å². The van der Waals surface area contributed by atoms with Gasteiger partial charge in [-0.25, -0.2) is 8.42 Å². The lowest BCUT2D eigenvalue weighted by atomic mass is 10.1. The summed E-state index contributed by atoms with van der Waals surface area (Å²) in [6.07, 6.45) is 0. The van der Waals surface area contributed by atoms with Crippen LogP contribution in [-0.4, -0.2) is 56.8 Å². The summed E-state index contributed by atoms with van der Waals surface area (Å²) >= 11 is 6.30. The summed E-state index contributed by atoms with van der Waals surface area (Å²) in [5, 5.41) is 3.15. The normalized spacial score (nSPS) is 13.3. The second kappa shape index (κ2) is 11.0. The number of hydrogen-bond donors (Lipinski definition) is 1. The van der Waals surface area contributed by atoms with Gasteiger partial charge in [-0.2, -0.15) is 0 Å². The van der Waals surface area contributed by atoms with Crippen LogP contribution in [0, 0.1) is 0 Å². The number of nitrogens with one attached hydrogen (secondary N) is 1. The van der Waals surface area contributed by atoms with Crippen molar-refractivity contribution < 1.29 is 27.5 Å². The van der Waals surface area contributed by atoms with Crippen molar-refractivity contribution in [2.45, 2.75) is 33.4 Å². The Kier molecular flexibility index (Phi) is 8.27. The van der Waals surface area contributed by atoms with Gasteiger partial charge in [0.2, 0.25) is 28.6 Å². The molecule has 11 heteroatoms. The first-order valence-electron chi connectivity index (χ1n) is 10.9. The molecule has 0 radical (unpaired) electrons. The third kappa shape index (κ3) is 5.74. The topological polar surface area (TPSA) is 105 Å². The number of likely N-dealkylation sites (N-methyl/N-ethyl adjacent to an activating group) is 1. The highest BCUT2D eigenvalue weighted by molar-refractivity contribution is 7.92. The van der Waals surface area contributed by atoms with E-state index in [-0.39, 0.29) is 30.7 Å². The number of carbonyl (C=O) groups excluding carboxylic acids is 2. The number of ether oxygens (including phenoxy) is 2. The molecule has 2 amide bonds. The van der Waals surface area contributed by atoms with E-state index in [0.717, 1.165) is 4.31 Å². The average molecular weight is 510 g/mol. The fourth-order valence-corrected chi connectivity index (χ4v) is 4.72. The monoisotopic (exact) mass is 509 g/mol. The Bertz CT molecular complexity index is 1160. The highest BCUT2D eigenvalue weighted by atomic mass is 35.5. The fraction of sp³-hybridized carbons (Fsp3) is 0.391. The van der Waals surface area contributed by atoms with Gasteiger partial charge in [0.05, 0.1) is 11.4 Å². The van der Waals surface area contributed by atoms with E-state index in [9.17, 15) is 18.0 Å². The maximum Gasteiger partial charge on any atom is 0.244 e. The summed E-state index contributed by atoms with van der Waals surface area (Å²) in [4.78, 5) is 27.5. The second-order valence-electron chi connectivity index (χ2n) is 7.63. The molecule has 0 saturated carbocycles. The fourth-order valence-electron chi connectivity index (χ4n) is 3.47. The largest absolute Gasteiger partial charge is 0.454 e. The maximum absolute atomic E-state index is 13.5. The van der Waals surface area contributed by atoms with Crippen LogP contribution in [0.15, 0.2) is 42.5 Å². The lowest BCUT2D eigenvalue weighted by molar-refractivity contribution is -0.139. The van der Waals surface area contributed by atoms with Crippen LogP contribution < -0.4 is 19.1 Å². The van der Waals surface area contributed by atoms with Gasteiger partial charge >= 0.3 is 0 Å². The zero-order valence-electron chi connectivity index (χ0n) is 19.3. The number of benzene rings is 2. The van der Waals surface area contributed by atoms with Gasteiger partial charge in [0.25, 0.3) is 0 Å². The van der Waals surface area contributed by atoms with Crippen LogP contribution in [0.2, 0.25) is 5.02 Å². The second-order valence-corrected chi connectivity index (χ2v) is 10.2. The Labute approximate surface area is 204 Å². The predicted molar refractivity (Wildman–Crippen MR) is 130 cm³/mol. The first-order chi connectivity index (χ1) is 16.2. The molecule has 1 aliphatic rings. The Balaban J connectivity index is 1.95. The van der Waals surface area contributed by atoms with Crippen molar-refractivity contribution in [3.05, 3.63) is 53.1 Å². The number of anilines is 1. The van der Waals surface area contributed by atoms with E-state index in [1.807, 2.05) is 0 Å². The van der Waals surface area contributed by atoms with Gasteiger partial charge in [-0.3, -0.25) is 13.9 Å². The minimum absolute atomic E-state index is 0.0356. The molecular formula is C23H28ClN3O6S. The molecule has 0 aromatic heterocycles. The zero-order chi connectivity index (χ0) is 24.9. The minimum atomic E-state index is -3.83. The number of carbonyl (C=O) groups is 2. The van der Waals surface area contributed by atoms with Crippen molar-refractivity contribution in [1.82, 2.24) is 10.2 Å². The Hall–Kier alpha value is -2.98. The third-order valence-electron chi connectivity index (χ3n) is 5.44. The van der Waals surface area contributed by atoms with Crippen LogP contribution >= 0.6 is 11.6 Å². The van der Waals surface area contributed by atoms with Gasteiger partial charge in [0.1, 0.15) is 12.6 Å². The molecule has 1 aliphatic heterocycles. The molecule has 9 nitrogen and oxygen atoms in total. The summed E-state index contributed by atoms with van der Waals surface area (Å²) in [7, 11) is -3.83. The van der Waals surface area contributed by atoms with E-state index in [0.29, 0.717) is 28.6 Å². The molecule has 1 atom stereocenters. The lowest BCUT2D eigenvalue weighted by Gasteiger charge is -2.32. The lowest BCUT2D eigenvalue weighted by Crippen LogP contribution is -2.51. The number of sulfonamides is 1. The van der Waals surface area contributed by atoms with Crippen molar-refractivity contribution in [2.24, 2.45) is 0 Å². The highest BCUT2D eigenvalue weighted by Crippen LogP contribution is 2.36. The number of rotatable bonds is 10. The summed E-state index contributed by atoms with van der Waals surface area (Å²) in [5.74, 6) is -0.228. The molecule has 2 aromatic rings. The molecule has 1 N–H and O–H groups in total. The maximum atomic E-state index is 13.5. The molecule has 0 unspecified atom stereocenters. The van der Waals surface area contributed by atoms with Gasteiger partial charge in [-0.05, 0) is 44.5 Å². The average Bonchev–Trinajstić information content (AvgIpc) is 3.29. The Morgan fingerprint density at radius 3 is 2.50 bits per heavy atom. The van der Waals surface area contributed by atoms with Crippen LogP contribution in [0.4, 0.5) is 5.69 Å². The van der Waals surface area contributed by atoms with Crippen molar-refractivity contribution in [3.63, 3.8) is 0 Å². The van der Waals surface area contributed by atoms with E-state index < -0.39 is 28.5 Å². The first-order valence-corrected chi connectivity index (χ1v) is 12.9. The van der Waals surface area contributed by atoms with E-state index in [4.69, 9.17) is 21.1 Å². The van der Waals surface area contributed by atoms with Gasteiger partial charge < -0.3 is 19.7 Å². The summed E-state index contributed by atoms with van der Waals surface area (Å²) in [6, 6.07) is 10.8. The van der Waals surface area contributed by atoms with Crippen LogP contribution in [-0.2, 0) is 26.2 Å². The first kappa shape index (κ1) is 25.6. The molecule has 2 aromatic carbocycles. The van der Waals surface area contributed by atoms with Crippen LogP contribution in [0.1, 0.15) is 26.3 Å². The quantitative estimate of drug-likeness (QED) is 0.528. The summed E-state index contributed by atoms with van der Waals surface area (Å²) in [5.41, 5.74) is 0.907. The molecule has 3 rings (SSSR count). The number of nitrogens with zero attached hydrogens (tertiary/aromatic N) is 2. The standard InChI is InChI=1S/C23H28ClN3O6S/c1-4-25-23(29)16(3)26(13-17-8-6-7-9-19(17)24)22(28)14-27(34(30,31)5-2)18-10-11-20-21(12-18)33-15-32-20/h6-12,16H,4-5,13-15H2,1-3H3,(H,25,29)/t16-/m0/s1. The molecule has 1 heterocycles. The molecule has 34 heavy (non-hydrogen) atoms. The van der Waals surface area contributed by atoms with E-state index in [2.05, 4.69) is 5.32 Å². The molecule has 184 valence electrons. The molecule has 0 bridgehead atoms. The van der Waals surface area contributed by atoms with Crippen molar-refractivity contribution in [1.29, 1.82) is 0 Å². The van der Waals surface area contributed by atoms with Crippen LogP contribution in [0.3, 0.4) is 0 Å². The zero-order valence-corrected chi connectivity index (χ0v) is 20.9. The van der Waals surface area contributed by atoms with Crippen LogP contribution in [0.25, 0.3) is 0 Å². The smallest absolute Gasteiger partial charge is 0.244 e. The number of halogens is 1.